The quantitative estimate of drug-likeness (QED) is 0.299. The molecular weight excluding hydrogens is 310 g/mol. The van der Waals surface area contributed by atoms with Crippen molar-refractivity contribution < 1.29 is 14.3 Å². The molecule has 24 heavy (non-hydrogen) atoms. The van der Waals surface area contributed by atoms with Crippen LogP contribution in [-0.4, -0.2) is 55.8 Å². The van der Waals surface area contributed by atoms with Crippen molar-refractivity contribution in [1.29, 1.82) is 0 Å². The zero-order valence-corrected chi connectivity index (χ0v) is 15.8. The fraction of sp³-hybridized carbons (Fsp3) is 0.812. The van der Waals surface area contributed by atoms with Crippen molar-refractivity contribution in [3.8, 4) is 0 Å². The van der Waals surface area contributed by atoms with E-state index < -0.39 is 11.7 Å². The van der Waals surface area contributed by atoms with Crippen LogP contribution in [0.3, 0.4) is 0 Å². The number of amides is 2. The smallest absolute Gasteiger partial charge is 0.407 e. The Hall–Kier alpha value is -1.99. The van der Waals surface area contributed by atoms with Gasteiger partial charge in [0.15, 0.2) is 5.96 Å². The van der Waals surface area contributed by atoms with Crippen molar-refractivity contribution >= 4 is 18.0 Å². The first-order valence-electron chi connectivity index (χ1n) is 8.42. The molecule has 0 bridgehead atoms. The normalized spacial score (nSPS) is 11.9. The lowest BCUT2D eigenvalue weighted by molar-refractivity contribution is -0.121. The molecule has 0 aliphatic rings. The minimum Gasteiger partial charge on any atom is -0.444 e. The van der Waals surface area contributed by atoms with Gasteiger partial charge in [0, 0.05) is 32.1 Å². The van der Waals surface area contributed by atoms with Crippen LogP contribution in [0.5, 0.6) is 0 Å². The average molecular weight is 343 g/mol. The number of hydrogen-bond donors (Lipinski definition) is 4. The third-order valence-electron chi connectivity index (χ3n) is 2.49. The van der Waals surface area contributed by atoms with Crippen molar-refractivity contribution in [2.24, 2.45) is 4.99 Å². The number of nitrogens with one attached hydrogen (secondary N) is 4. The van der Waals surface area contributed by atoms with E-state index in [1.165, 1.54) is 0 Å². The lowest BCUT2D eigenvalue weighted by Gasteiger charge is -2.19. The Morgan fingerprint density at radius 2 is 1.71 bits per heavy atom. The third kappa shape index (κ3) is 13.7. The number of carbonyl (C=O) groups is 2. The predicted octanol–water partition coefficient (Wildman–Crippen LogP) is 0.981. The topological polar surface area (TPSA) is 104 Å². The fourth-order valence-corrected chi connectivity index (χ4v) is 1.66. The van der Waals surface area contributed by atoms with E-state index in [2.05, 4.69) is 26.3 Å². The summed E-state index contributed by atoms with van der Waals surface area (Å²) < 4.78 is 5.15. The van der Waals surface area contributed by atoms with Gasteiger partial charge in [0.2, 0.25) is 5.91 Å². The van der Waals surface area contributed by atoms with Crippen molar-refractivity contribution in [3.05, 3.63) is 0 Å². The fourth-order valence-electron chi connectivity index (χ4n) is 1.66. The molecule has 8 heteroatoms. The van der Waals surface area contributed by atoms with Crippen LogP contribution in [0, 0.1) is 0 Å². The second-order valence-corrected chi connectivity index (χ2v) is 6.59. The van der Waals surface area contributed by atoms with Gasteiger partial charge in [0.25, 0.3) is 0 Å². The summed E-state index contributed by atoms with van der Waals surface area (Å²) in [6.07, 6.45) is -0.109. The maximum Gasteiger partial charge on any atom is 0.407 e. The van der Waals surface area contributed by atoms with Gasteiger partial charge in [-0.2, -0.15) is 0 Å². The molecule has 0 aromatic heterocycles. The van der Waals surface area contributed by atoms with Crippen LogP contribution < -0.4 is 21.3 Å². The highest BCUT2D eigenvalue weighted by Crippen LogP contribution is 2.05. The lowest BCUT2D eigenvalue weighted by atomic mass is 10.2. The van der Waals surface area contributed by atoms with Crippen LogP contribution in [0.15, 0.2) is 4.99 Å². The highest BCUT2D eigenvalue weighted by molar-refractivity contribution is 5.81. The molecule has 0 aliphatic heterocycles. The van der Waals surface area contributed by atoms with Gasteiger partial charge in [0.05, 0.1) is 6.54 Å². The summed E-state index contributed by atoms with van der Waals surface area (Å²) in [5.41, 5.74) is -0.509. The van der Waals surface area contributed by atoms with Crippen LogP contribution in [-0.2, 0) is 9.53 Å². The monoisotopic (exact) mass is 343 g/mol. The minimum atomic E-state index is -0.509. The number of nitrogens with zero attached hydrogens (tertiary/aromatic N) is 1. The minimum absolute atomic E-state index is 0.0174. The molecular formula is C16H33N5O3. The molecule has 0 spiro atoms. The highest BCUT2D eigenvalue weighted by Gasteiger charge is 2.15. The van der Waals surface area contributed by atoms with E-state index >= 15 is 0 Å². The van der Waals surface area contributed by atoms with Gasteiger partial charge in [-0.3, -0.25) is 9.79 Å². The van der Waals surface area contributed by atoms with Crippen molar-refractivity contribution in [2.45, 2.75) is 59.6 Å². The predicted molar refractivity (Wildman–Crippen MR) is 96.1 cm³/mol. The molecule has 0 aromatic rings. The summed E-state index contributed by atoms with van der Waals surface area (Å²) in [5.74, 6) is 0.594. The Morgan fingerprint density at radius 3 is 2.25 bits per heavy atom. The summed E-state index contributed by atoms with van der Waals surface area (Å²) in [6, 6.07) is 0.131. The van der Waals surface area contributed by atoms with E-state index in [4.69, 9.17) is 4.74 Å². The Labute approximate surface area is 145 Å². The Balaban J connectivity index is 4.09. The molecule has 0 saturated carbocycles. The maximum atomic E-state index is 11.6. The van der Waals surface area contributed by atoms with Crippen LogP contribution in [0.1, 0.15) is 48.0 Å². The lowest BCUT2D eigenvalue weighted by Crippen LogP contribution is -2.42. The number of rotatable bonds is 8. The molecule has 0 heterocycles. The van der Waals surface area contributed by atoms with Crippen LogP contribution >= 0.6 is 0 Å². The summed E-state index contributed by atoms with van der Waals surface area (Å²) in [7, 11) is 0. The highest BCUT2D eigenvalue weighted by atomic mass is 16.6. The zero-order valence-electron chi connectivity index (χ0n) is 15.8. The summed E-state index contributed by atoms with van der Waals surface area (Å²) in [6.45, 7) is 13.3. The molecule has 4 N–H and O–H groups in total. The van der Waals surface area contributed by atoms with Gasteiger partial charge >= 0.3 is 6.09 Å². The molecule has 0 fully saturated rings. The molecule has 0 saturated heterocycles. The second-order valence-electron chi connectivity index (χ2n) is 6.59. The van der Waals surface area contributed by atoms with Crippen LogP contribution in [0.2, 0.25) is 0 Å². The number of ether oxygens (including phenoxy) is 1. The number of guanidine groups is 1. The number of hydrogen-bond acceptors (Lipinski definition) is 4. The number of alkyl carbamates (subject to hydrolysis) is 1. The molecule has 0 radical (unpaired) electrons. The molecule has 0 rings (SSSR count). The number of carbonyl (C=O) groups excluding carboxylic acids is 2. The van der Waals surface area contributed by atoms with Crippen LogP contribution in [0.4, 0.5) is 4.79 Å². The summed E-state index contributed by atoms with van der Waals surface area (Å²) in [5, 5.41) is 11.7. The largest absolute Gasteiger partial charge is 0.444 e. The first-order valence-corrected chi connectivity index (χ1v) is 8.42. The number of aliphatic imine (C=N–C) groups is 1. The van der Waals surface area contributed by atoms with E-state index in [1.54, 1.807) is 0 Å². The Morgan fingerprint density at radius 1 is 1.08 bits per heavy atom. The summed E-state index contributed by atoms with van der Waals surface area (Å²) in [4.78, 5) is 27.4. The maximum absolute atomic E-state index is 11.6. The molecule has 8 nitrogen and oxygen atoms in total. The van der Waals surface area contributed by atoms with E-state index in [1.807, 2.05) is 41.5 Å². The van der Waals surface area contributed by atoms with Gasteiger partial charge in [-0.25, -0.2) is 4.79 Å². The second kappa shape index (κ2) is 11.5. The van der Waals surface area contributed by atoms with Gasteiger partial charge in [0.1, 0.15) is 5.60 Å². The van der Waals surface area contributed by atoms with Crippen LogP contribution in [0.25, 0.3) is 0 Å². The molecule has 0 atom stereocenters. The standard InChI is InChI=1S/C16H33N5O3/c1-7-17-14(18-9-8-13(22)21-12(2)3)19-10-11-20-15(23)24-16(4,5)6/h12H,7-11H2,1-6H3,(H,20,23)(H,21,22)(H2,17,18,19). The van der Waals surface area contributed by atoms with Gasteiger partial charge < -0.3 is 26.0 Å². The Kier molecular flexibility index (Phi) is 10.6. The van der Waals surface area contributed by atoms with Crippen molar-refractivity contribution in [1.82, 2.24) is 21.3 Å². The first kappa shape index (κ1) is 22.0. The van der Waals surface area contributed by atoms with Crippen molar-refractivity contribution in [3.63, 3.8) is 0 Å². The molecule has 2 amide bonds. The molecule has 140 valence electrons. The van der Waals surface area contributed by atoms with E-state index in [0.717, 1.165) is 0 Å². The Bertz CT molecular complexity index is 416. The average Bonchev–Trinajstić information content (AvgIpc) is 2.40. The SMILES string of the molecule is CCNC(=NCCC(=O)NC(C)C)NCCNC(=O)OC(C)(C)C. The van der Waals surface area contributed by atoms with Gasteiger partial charge in [-0.05, 0) is 41.5 Å². The van der Waals surface area contributed by atoms with Gasteiger partial charge in [-0.15, -0.1) is 0 Å². The van der Waals surface area contributed by atoms with E-state index in [9.17, 15) is 9.59 Å². The molecule has 0 aromatic carbocycles. The molecule has 0 aliphatic carbocycles. The first-order chi connectivity index (χ1) is 11.1. The molecule has 0 unspecified atom stereocenters. The van der Waals surface area contributed by atoms with E-state index in [0.29, 0.717) is 38.6 Å². The van der Waals surface area contributed by atoms with E-state index in [-0.39, 0.29) is 11.9 Å². The third-order valence-corrected chi connectivity index (χ3v) is 2.49. The van der Waals surface area contributed by atoms with Crippen molar-refractivity contribution in [2.75, 3.05) is 26.2 Å². The zero-order chi connectivity index (χ0) is 18.6. The van der Waals surface area contributed by atoms with Gasteiger partial charge in [-0.1, -0.05) is 0 Å². The summed E-state index contributed by atoms with van der Waals surface area (Å²) >= 11 is 0.